The highest BCUT2D eigenvalue weighted by molar-refractivity contribution is 6.33. The van der Waals surface area contributed by atoms with Crippen LogP contribution in [0.1, 0.15) is 29.3 Å². The zero-order valence-electron chi connectivity index (χ0n) is 13.5. The lowest BCUT2D eigenvalue weighted by atomic mass is 10.2. The van der Waals surface area contributed by atoms with Crippen molar-refractivity contribution in [3.8, 4) is 11.5 Å². The number of carbonyl (C=O) groups excluding carboxylic acids is 1. The third kappa shape index (κ3) is 3.70. The Hall–Kier alpha value is -3.26. The highest BCUT2D eigenvalue weighted by Crippen LogP contribution is 2.26. The summed E-state index contributed by atoms with van der Waals surface area (Å²) >= 11 is 5.93. The van der Waals surface area contributed by atoms with Crippen molar-refractivity contribution in [2.45, 2.75) is 13.0 Å². The fourth-order valence-corrected chi connectivity index (χ4v) is 2.35. The van der Waals surface area contributed by atoms with E-state index in [4.69, 9.17) is 20.8 Å². The number of halogens is 1. The van der Waals surface area contributed by atoms with Gasteiger partial charge in [-0.05, 0) is 25.1 Å². The summed E-state index contributed by atoms with van der Waals surface area (Å²) in [5, 5.41) is 18.7. The molecule has 8 nitrogen and oxygen atoms in total. The fraction of sp³-hybridized carbons (Fsp3) is 0.118. The first kappa shape index (κ1) is 17.6. The van der Waals surface area contributed by atoms with E-state index in [0.717, 1.165) is 11.6 Å². The molecule has 0 aliphatic carbocycles. The van der Waals surface area contributed by atoms with Crippen LogP contribution in [-0.4, -0.2) is 21.1 Å². The maximum Gasteiger partial charge on any atom is 0.340 e. The van der Waals surface area contributed by atoms with Gasteiger partial charge in [0, 0.05) is 17.7 Å². The molecular formula is C17H12ClN3O5. The van der Waals surface area contributed by atoms with Crippen LogP contribution in [-0.2, 0) is 4.74 Å². The molecule has 1 aromatic heterocycles. The number of hydrogen-bond donors (Lipinski definition) is 0. The van der Waals surface area contributed by atoms with Gasteiger partial charge in [-0.25, -0.2) is 4.79 Å². The molecule has 3 rings (SSSR count). The Kier molecular flexibility index (Phi) is 4.94. The predicted octanol–water partition coefficient (Wildman–Crippen LogP) is 4.22. The Morgan fingerprint density at radius 3 is 2.65 bits per heavy atom. The second-order valence-corrected chi connectivity index (χ2v) is 5.69. The van der Waals surface area contributed by atoms with Gasteiger partial charge in [-0.1, -0.05) is 29.8 Å². The minimum atomic E-state index is -0.859. The van der Waals surface area contributed by atoms with E-state index in [1.807, 2.05) is 18.2 Å². The van der Waals surface area contributed by atoms with Gasteiger partial charge in [0.05, 0.1) is 15.5 Å². The van der Waals surface area contributed by atoms with E-state index in [-0.39, 0.29) is 28.1 Å². The zero-order valence-corrected chi connectivity index (χ0v) is 14.2. The van der Waals surface area contributed by atoms with Crippen molar-refractivity contribution in [1.29, 1.82) is 0 Å². The minimum Gasteiger partial charge on any atom is -0.449 e. The van der Waals surface area contributed by atoms with Gasteiger partial charge in [0.2, 0.25) is 5.89 Å². The molecule has 9 heteroatoms. The van der Waals surface area contributed by atoms with E-state index in [1.54, 1.807) is 19.1 Å². The van der Waals surface area contributed by atoms with E-state index < -0.39 is 17.0 Å². The Morgan fingerprint density at radius 2 is 1.96 bits per heavy atom. The first-order valence-corrected chi connectivity index (χ1v) is 7.87. The molecule has 0 radical (unpaired) electrons. The lowest BCUT2D eigenvalue weighted by Gasteiger charge is -2.10. The van der Waals surface area contributed by atoms with Crippen LogP contribution in [0.5, 0.6) is 0 Å². The molecule has 0 spiro atoms. The monoisotopic (exact) mass is 373 g/mol. The topological polar surface area (TPSA) is 108 Å². The van der Waals surface area contributed by atoms with Gasteiger partial charge < -0.3 is 9.15 Å². The maximum absolute atomic E-state index is 12.3. The highest BCUT2D eigenvalue weighted by Gasteiger charge is 2.23. The van der Waals surface area contributed by atoms with Crippen LogP contribution in [0.15, 0.2) is 52.9 Å². The first-order valence-electron chi connectivity index (χ1n) is 7.49. The molecule has 26 heavy (non-hydrogen) atoms. The van der Waals surface area contributed by atoms with E-state index in [1.165, 1.54) is 12.1 Å². The number of rotatable bonds is 5. The summed E-state index contributed by atoms with van der Waals surface area (Å²) in [6.45, 7) is 1.55. The number of nitrogens with zero attached hydrogens (tertiary/aromatic N) is 3. The average Bonchev–Trinajstić information content (AvgIpc) is 3.13. The summed E-state index contributed by atoms with van der Waals surface area (Å²) in [6, 6.07) is 12.6. The lowest BCUT2D eigenvalue weighted by molar-refractivity contribution is -0.384. The third-order valence-corrected chi connectivity index (χ3v) is 3.80. The molecule has 0 fully saturated rings. The summed E-state index contributed by atoms with van der Waals surface area (Å²) in [5.41, 5.74) is 0.347. The average molecular weight is 374 g/mol. The molecular weight excluding hydrogens is 362 g/mol. The smallest absolute Gasteiger partial charge is 0.340 e. The first-order chi connectivity index (χ1) is 12.5. The summed E-state index contributed by atoms with van der Waals surface area (Å²) in [4.78, 5) is 22.5. The molecule has 0 saturated heterocycles. The Morgan fingerprint density at radius 1 is 1.23 bits per heavy atom. The molecule has 2 aromatic carbocycles. The number of ether oxygens (including phenoxy) is 1. The summed E-state index contributed by atoms with van der Waals surface area (Å²) in [5.74, 6) is -0.443. The molecule has 0 unspecified atom stereocenters. The number of non-ortho nitro benzene ring substituents is 1. The van der Waals surface area contributed by atoms with Crippen LogP contribution < -0.4 is 0 Å². The quantitative estimate of drug-likeness (QED) is 0.374. The number of nitro benzene ring substituents is 1. The number of benzene rings is 2. The molecule has 132 valence electrons. The van der Waals surface area contributed by atoms with Crippen molar-refractivity contribution in [3.63, 3.8) is 0 Å². The van der Waals surface area contributed by atoms with Crippen molar-refractivity contribution < 1.29 is 18.9 Å². The van der Waals surface area contributed by atoms with Crippen LogP contribution in [0, 0.1) is 10.1 Å². The fourth-order valence-electron chi connectivity index (χ4n) is 2.15. The van der Waals surface area contributed by atoms with Gasteiger partial charge in [-0.2, -0.15) is 0 Å². The van der Waals surface area contributed by atoms with Crippen molar-refractivity contribution in [2.75, 3.05) is 0 Å². The molecule has 0 saturated carbocycles. The van der Waals surface area contributed by atoms with Gasteiger partial charge in [0.25, 0.3) is 11.6 Å². The Labute approximate surface area is 152 Å². The number of hydrogen-bond acceptors (Lipinski definition) is 7. The highest BCUT2D eigenvalue weighted by atomic mass is 35.5. The van der Waals surface area contributed by atoms with Gasteiger partial charge in [-0.15, -0.1) is 10.2 Å². The lowest BCUT2D eigenvalue weighted by Crippen LogP contribution is -2.10. The second kappa shape index (κ2) is 7.32. The minimum absolute atomic E-state index is 0.0447. The van der Waals surface area contributed by atoms with Crippen LogP contribution >= 0.6 is 11.6 Å². The zero-order chi connectivity index (χ0) is 18.7. The van der Waals surface area contributed by atoms with Gasteiger partial charge in [-0.3, -0.25) is 10.1 Å². The van der Waals surface area contributed by atoms with E-state index >= 15 is 0 Å². The molecule has 1 atom stereocenters. The molecule has 0 N–H and O–H groups in total. The van der Waals surface area contributed by atoms with Crippen LogP contribution in [0.2, 0.25) is 5.02 Å². The Balaban J connectivity index is 1.77. The van der Waals surface area contributed by atoms with Gasteiger partial charge >= 0.3 is 5.97 Å². The maximum atomic E-state index is 12.3. The van der Waals surface area contributed by atoms with Gasteiger partial charge in [0.15, 0.2) is 6.10 Å². The standard InChI is InChI=1S/C17H12ClN3O5/c1-10(15-19-20-16(26-15)11-5-3-2-4-6-11)25-17(22)13-9-12(21(23)24)7-8-14(13)18/h2-10H,1H3/t10-/m1/s1. The van der Waals surface area contributed by atoms with Crippen LogP contribution in [0.3, 0.4) is 0 Å². The number of esters is 1. The van der Waals surface area contributed by atoms with Crippen LogP contribution in [0.4, 0.5) is 5.69 Å². The summed E-state index contributed by atoms with van der Waals surface area (Å²) < 4.78 is 10.8. The molecule has 0 bridgehead atoms. The molecule has 0 aliphatic rings. The molecule has 0 aliphatic heterocycles. The SMILES string of the molecule is C[C@@H](OC(=O)c1cc([N+](=O)[O-])ccc1Cl)c1nnc(-c2ccccc2)o1. The molecule has 3 aromatic rings. The van der Waals surface area contributed by atoms with Crippen molar-refractivity contribution >= 4 is 23.3 Å². The van der Waals surface area contributed by atoms with E-state index in [2.05, 4.69) is 10.2 Å². The summed E-state index contributed by atoms with van der Waals surface area (Å²) in [7, 11) is 0. The van der Waals surface area contributed by atoms with Crippen molar-refractivity contribution in [3.05, 3.63) is 75.1 Å². The van der Waals surface area contributed by atoms with Crippen molar-refractivity contribution in [1.82, 2.24) is 10.2 Å². The normalized spacial score (nSPS) is 11.8. The number of aromatic nitrogens is 2. The number of carbonyl (C=O) groups is 1. The van der Waals surface area contributed by atoms with E-state index in [0.29, 0.717) is 0 Å². The van der Waals surface area contributed by atoms with E-state index in [9.17, 15) is 14.9 Å². The third-order valence-electron chi connectivity index (χ3n) is 3.47. The molecule has 1 heterocycles. The Bertz CT molecular complexity index is 958. The largest absolute Gasteiger partial charge is 0.449 e. The second-order valence-electron chi connectivity index (χ2n) is 5.28. The van der Waals surface area contributed by atoms with Crippen LogP contribution in [0.25, 0.3) is 11.5 Å². The van der Waals surface area contributed by atoms with Crippen molar-refractivity contribution in [2.24, 2.45) is 0 Å². The summed E-state index contributed by atoms with van der Waals surface area (Å²) in [6.07, 6.45) is -0.859. The number of nitro groups is 1. The van der Waals surface area contributed by atoms with Gasteiger partial charge in [0.1, 0.15) is 0 Å². The molecule has 0 amide bonds. The predicted molar refractivity (Wildman–Crippen MR) is 91.7 cm³/mol.